The Morgan fingerprint density at radius 1 is 1.19 bits per heavy atom. The standard InChI is InChI=1S/C27H34O9/c1-16(13-22(28)32-6)15-33-21-14-23(29)35-19(17(21)2)11-9-7-8-10-12-20-24(30)26(4)25(36-20)34-18(3)27(26,5)31/h7-14,18,20,24-25,30-31H,15H2,1-6H3/b8-7+,11-9+,12-10+,16-13+/t18-,20-,24+,25-,26+,27+/m1/s1. The van der Waals surface area contributed by atoms with Gasteiger partial charge in [-0.25, -0.2) is 9.59 Å². The van der Waals surface area contributed by atoms with Crippen molar-refractivity contribution in [3.05, 3.63) is 69.8 Å². The van der Waals surface area contributed by atoms with Gasteiger partial charge >= 0.3 is 11.6 Å². The van der Waals surface area contributed by atoms with Crippen molar-refractivity contribution < 1.29 is 38.4 Å². The van der Waals surface area contributed by atoms with Gasteiger partial charge in [-0.05, 0) is 46.3 Å². The van der Waals surface area contributed by atoms with E-state index in [0.29, 0.717) is 22.6 Å². The number of fused-ring (bicyclic) bond motifs is 1. The highest BCUT2D eigenvalue weighted by Gasteiger charge is 2.68. The number of aliphatic hydroxyl groups is 2. The molecule has 9 nitrogen and oxygen atoms in total. The van der Waals surface area contributed by atoms with Crippen LogP contribution < -0.4 is 10.4 Å². The Balaban J connectivity index is 1.62. The van der Waals surface area contributed by atoms with Gasteiger partial charge in [0.15, 0.2) is 6.29 Å². The molecule has 196 valence electrons. The van der Waals surface area contributed by atoms with Crippen molar-refractivity contribution in [2.45, 2.75) is 64.8 Å². The van der Waals surface area contributed by atoms with Crippen molar-refractivity contribution in [1.29, 1.82) is 0 Å². The molecule has 0 bridgehead atoms. The monoisotopic (exact) mass is 502 g/mol. The smallest absolute Gasteiger partial charge is 0.339 e. The zero-order valence-electron chi connectivity index (χ0n) is 21.4. The molecule has 1 aromatic heterocycles. The van der Waals surface area contributed by atoms with Crippen LogP contribution >= 0.6 is 0 Å². The third-order valence-corrected chi connectivity index (χ3v) is 7.01. The Morgan fingerprint density at radius 3 is 2.56 bits per heavy atom. The molecule has 1 aromatic rings. The quantitative estimate of drug-likeness (QED) is 0.314. The van der Waals surface area contributed by atoms with E-state index in [1.54, 1.807) is 71.1 Å². The van der Waals surface area contributed by atoms with E-state index in [2.05, 4.69) is 4.74 Å². The van der Waals surface area contributed by atoms with Crippen LogP contribution in [0.25, 0.3) is 6.08 Å². The van der Waals surface area contributed by atoms with E-state index < -0.39 is 47.2 Å². The molecule has 2 saturated heterocycles. The summed E-state index contributed by atoms with van der Waals surface area (Å²) in [5.74, 6) is 0.210. The molecule has 2 aliphatic rings. The number of esters is 1. The van der Waals surface area contributed by atoms with Gasteiger partial charge in [-0.2, -0.15) is 0 Å². The second-order valence-electron chi connectivity index (χ2n) is 9.44. The van der Waals surface area contributed by atoms with Crippen LogP contribution in [-0.4, -0.2) is 60.1 Å². The largest absolute Gasteiger partial charge is 0.489 e. The van der Waals surface area contributed by atoms with Gasteiger partial charge in [0.05, 0.1) is 30.8 Å². The van der Waals surface area contributed by atoms with Gasteiger partial charge in [0.25, 0.3) is 0 Å². The molecule has 0 spiro atoms. The Hall–Kier alpha value is -2.98. The second-order valence-corrected chi connectivity index (χ2v) is 9.44. The lowest BCUT2D eigenvalue weighted by molar-refractivity contribution is -0.139. The lowest BCUT2D eigenvalue weighted by Crippen LogP contribution is -2.53. The van der Waals surface area contributed by atoms with Crippen LogP contribution in [0.15, 0.2) is 57.3 Å². The van der Waals surface area contributed by atoms with Gasteiger partial charge in [0, 0.05) is 11.6 Å². The van der Waals surface area contributed by atoms with Gasteiger partial charge in [-0.1, -0.05) is 30.4 Å². The number of rotatable bonds is 8. The molecule has 0 radical (unpaired) electrons. The van der Waals surface area contributed by atoms with Crippen LogP contribution in [0, 0.1) is 12.3 Å². The van der Waals surface area contributed by atoms with Gasteiger partial charge in [0.1, 0.15) is 29.8 Å². The zero-order valence-corrected chi connectivity index (χ0v) is 21.4. The summed E-state index contributed by atoms with van der Waals surface area (Å²) in [5.41, 5.74) is -1.47. The van der Waals surface area contributed by atoms with E-state index in [1.807, 2.05) is 0 Å². The average Bonchev–Trinajstić information content (AvgIpc) is 3.16. The molecule has 2 N–H and O–H groups in total. The van der Waals surface area contributed by atoms with E-state index in [-0.39, 0.29) is 6.61 Å². The van der Waals surface area contributed by atoms with E-state index in [4.69, 9.17) is 18.6 Å². The third kappa shape index (κ3) is 5.39. The maximum Gasteiger partial charge on any atom is 0.339 e. The van der Waals surface area contributed by atoms with Crippen LogP contribution in [0.4, 0.5) is 0 Å². The number of methoxy groups -OCH3 is 1. The van der Waals surface area contributed by atoms with E-state index in [0.717, 1.165) is 0 Å². The summed E-state index contributed by atoms with van der Waals surface area (Å²) in [6.07, 6.45) is 8.81. The summed E-state index contributed by atoms with van der Waals surface area (Å²) in [6.45, 7) is 8.77. The fraction of sp³-hybridized carbons (Fsp3) is 0.481. The molecule has 2 aliphatic heterocycles. The molecule has 0 aliphatic carbocycles. The number of carbonyl (C=O) groups is 1. The van der Waals surface area contributed by atoms with Crippen LogP contribution in [0.5, 0.6) is 5.75 Å². The number of carbonyl (C=O) groups excluding carboxylic acids is 1. The summed E-state index contributed by atoms with van der Waals surface area (Å²) in [5, 5.41) is 21.6. The Labute approximate surface area is 210 Å². The third-order valence-electron chi connectivity index (χ3n) is 7.01. The highest BCUT2D eigenvalue weighted by molar-refractivity contribution is 5.82. The van der Waals surface area contributed by atoms with Crippen LogP contribution in [0.3, 0.4) is 0 Å². The van der Waals surface area contributed by atoms with Crippen molar-refractivity contribution in [2.75, 3.05) is 13.7 Å². The van der Waals surface area contributed by atoms with Gasteiger partial charge < -0.3 is 33.6 Å². The van der Waals surface area contributed by atoms with Crippen molar-refractivity contribution in [1.82, 2.24) is 0 Å². The zero-order chi connectivity index (χ0) is 26.7. The molecule has 0 unspecified atom stereocenters. The normalized spacial score (nSPS) is 32.6. The Bertz CT molecular complexity index is 1140. The van der Waals surface area contributed by atoms with Crippen molar-refractivity contribution >= 4 is 12.0 Å². The van der Waals surface area contributed by atoms with Gasteiger partial charge in [0.2, 0.25) is 0 Å². The summed E-state index contributed by atoms with van der Waals surface area (Å²) in [7, 11) is 1.29. The minimum Gasteiger partial charge on any atom is -0.489 e. The average molecular weight is 503 g/mol. The molecular formula is C27H34O9. The first-order valence-electron chi connectivity index (χ1n) is 11.7. The fourth-order valence-electron chi connectivity index (χ4n) is 4.26. The minimum atomic E-state index is -1.23. The number of hydrogen-bond donors (Lipinski definition) is 2. The van der Waals surface area contributed by atoms with E-state index in [1.165, 1.54) is 19.3 Å². The molecule has 0 aromatic carbocycles. The molecule has 3 rings (SSSR count). The summed E-state index contributed by atoms with van der Waals surface area (Å²) in [4.78, 5) is 23.3. The summed E-state index contributed by atoms with van der Waals surface area (Å²) >= 11 is 0. The van der Waals surface area contributed by atoms with Gasteiger partial charge in [-0.3, -0.25) is 0 Å². The van der Waals surface area contributed by atoms with Gasteiger partial charge in [-0.15, -0.1) is 0 Å². The number of allylic oxidation sites excluding steroid dienone is 4. The van der Waals surface area contributed by atoms with E-state index >= 15 is 0 Å². The molecule has 36 heavy (non-hydrogen) atoms. The SMILES string of the molecule is COC(=O)/C=C(\C)COc1cc(=O)oc(/C=C/C=C/C=C/[C@H]2O[C@H]3O[C@H](C)[C@](C)(O)[C@@]3(C)[C@H]2O)c1C. The molecule has 2 fully saturated rings. The lowest BCUT2D eigenvalue weighted by atomic mass is 9.69. The first-order chi connectivity index (χ1) is 16.9. The topological polar surface area (TPSA) is 125 Å². The molecular weight excluding hydrogens is 468 g/mol. The number of ether oxygens (including phenoxy) is 4. The Kier molecular flexibility index (Phi) is 8.40. The molecule has 9 heteroatoms. The predicted molar refractivity (Wildman–Crippen MR) is 132 cm³/mol. The number of hydrogen-bond acceptors (Lipinski definition) is 9. The highest BCUT2D eigenvalue weighted by atomic mass is 16.7. The molecule has 6 atom stereocenters. The molecule has 3 heterocycles. The Morgan fingerprint density at radius 2 is 1.89 bits per heavy atom. The maximum atomic E-state index is 12.0. The molecule has 0 saturated carbocycles. The summed E-state index contributed by atoms with van der Waals surface area (Å²) < 4.78 is 27.1. The minimum absolute atomic E-state index is 0.113. The molecule has 0 amide bonds. The predicted octanol–water partition coefficient (Wildman–Crippen LogP) is 2.83. The lowest BCUT2D eigenvalue weighted by Gasteiger charge is -2.38. The van der Waals surface area contributed by atoms with Crippen molar-refractivity contribution in [3.63, 3.8) is 0 Å². The van der Waals surface area contributed by atoms with Crippen LogP contribution in [0.1, 0.15) is 39.0 Å². The van der Waals surface area contributed by atoms with Crippen LogP contribution in [0.2, 0.25) is 0 Å². The first-order valence-corrected chi connectivity index (χ1v) is 11.7. The highest BCUT2D eigenvalue weighted by Crippen LogP contribution is 2.54. The van der Waals surface area contributed by atoms with Crippen molar-refractivity contribution in [3.8, 4) is 5.75 Å². The van der Waals surface area contributed by atoms with Crippen LogP contribution in [-0.2, 0) is 19.0 Å². The van der Waals surface area contributed by atoms with Crippen molar-refractivity contribution in [2.24, 2.45) is 5.41 Å². The first kappa shape index (κ1) is 27.6. The van der Waals surface area contributed by atoms with E-state index in [9.17, 15) is 19.8 Å². The second kappa shape index (κ2) is 11.0. The number of aliphatic hydroxyl groups excluding tert-OH is 1. The fourth-order valence-corrected chi connectivity index (χ4v) is 4.26. The maximum absolute atomic E-state index is 12.0. The summed E-state index contributed by atoms with van der Waals surface area (Å²) in [6, 6.07) is 1.25.